The number of piperazine rings is 1. The van der Waals surface area contributed by atoms with Gasteiger partial charge >= 0.3 is 0 Å². The first kappa shape index (κ1) is 18.1. The van der Waals surface area contributed by atoms with E-state index in [0.29, 0.717) is 17.4 Å². The molecule has 0 N–H and O–H groups in total. The van der Waals surface area contributed by atoms with Crippen LogP contribution in [-0.4, -0.2) is 70.1 Å². The maximum atomic E-state index is 13.2. The van der Waals surface area contributed by atoms with E-state index in [2.05, 4.69) is 34.6 Å². The maximum Gasteiger partial charge on any atom is 0.297 e. The first-order valence-electron chi connectivity index (χ1n) is 9.75. The van der Waals surface area contributed by atoms with Crippen molar-refractivity contribution in [2.45, 2.75) is 12.5 Å². The molecule has 5 rings (SSSR count). The fourth-order valence-corrected chi connectivity index (χ4v) is 4.02. The number of aromatic nitrogens is 4. The summed E-state index contributed by atoms with van der Waals surface area (Å²) in [5.74, 6) is 0.978. The molecular weight excluding hydrogens is 376 g/mol. The van der Waals surface area contributed by atoms with E-state index in [1.54, 1.807) is 18.5 Å². The number of para-hydroxylation sites is 1. The molecule has 0 aliphatic carbocycles. The molecule has 0 atom stereocenters. The molecule has 2 saturated heterocycles. The number of nitrogens with zero attached hydrogens (tertiary/aromatic N) is 7. The van der Waals surface area contributed by atoms with E-state index < -0.39 is 12.2 Å². The second-order valence-corrected chi connectivity index (χ2v) is 7.35. The SMILES string of the molecule is FC(F)c1nc(N2CC(N3CCN(c4ncccn4)CC3)C2)c2ccccc2n1. The quantitative estimate of drug-likeness (QED) is 0.670. The Morgan fingerprint density at radius 3 is 2.31 bits per heavy atom. The van der Waals surface area contributed by atoms with Gasteiger partial charge in [0.1, 0.15) is 5.82 Å². The van der Waals surface area contributed by atoms with Crippen molar-refractivity contribution in [1.82, 2.24) is 24.8 Å². The van der Waals surface area contributed by atoms with Crippen molar-refractivity contribution >= 4 is 22.7 Å². The van der Waals surface area contributed by atoms with E-state index in [9.17, 15) is 8.78 Å². The van der Waals surface area contributed by atoms with Gasteiger partial charge in [-0.15, -0.1) is 0 Å². The standard InChI is InChI=1S/C20H21F2N7/c21-17(22)18-25-16-5-2-1-4-15(16)19(26-18)29-12-14(13-29)27-8-10-28(11-9-27)20-23-6-3-7-24-20/h1-7,14,17H,8-13H2. The van der Waals surface area contributed by atoms with Crippen LogP contribution < -0.4 is 9.80 Å². The Kier molecular flexibility index (Phi) is 4.67. The van der Waals surface area contributed by atoms with Gasteiger partial charge in [-0.2, -0.15) is 0 Å². The first-order chi connectivity index (χ1) is 14.2. The van der Waals surface area contributed by atoms with E-state index in [1.165, 1.54) is 0 Å². The summed E-state index contributed by atoms with van der Waals surface area (Å²) in [5.41, 5.74) is 0.563. The zero-order valence-electron chi connectivity index (χ0n) is 15.8. The third-order valence-electron chi connectivity index (χ3n) is 5.62. The molecule has 3 aromatic rings. The summed E-state index contributed by atoms with van der Waals surface area (Å²) >= 11 is 0. The Hall–Kier alpha value is -2.94. The van der Waals surface area contributed by atoms with Crippen molar-refractivity contribution in [3.8, 4) is 0 Å². The molecule has 7 nitrogen and oxygen atoms in total. The predicted octanol–water partition coefficient (Wildman–Crippen LogP) is 2.37. The van der Waals surface area contributed by atoms with Crippen LogP contribution in [0.5, 0.6) is 0 Å². The van der Waals surface area contributed by atoms with Gasteiger partial charge < -0.3 is 9.80 Å². The number of alkyl halides is 2. The van der Waals surface area contributed by atoms with Crippen molar-refractivity contribution in [1.29, 1.82) is 0 Å². The van der Waals surface area contributed by atoms with Gasteiger partial charge in [-0.25, -0.2) is 28.7 Å². The topological polar surface area (TPSA) is 61.3 Å². The highest BCUT2D eigenvalue weighted by atomic mass is 19.3. The first-order valence-corrected chi connectivity index (χ1v) is 9.75. The fourth-order valence-electron chi connectivity index (χ4n) is 4.02. The van der Waals surface area contributed by atoms with Crippen LogP contribution >= 0.6 is 0 Å². The molecule has 0 amide bonds. The van der Waals surface area contributed by atoms with Gasteiger partial charge in [0.15, 0.2) is 5.82 Å². The third kappa shape index (κ3) is 3.46. The van der Waals surface area contributed by atoms with E-state index in [4.69, 9.17) is 0 Å². The lowest BCUT2D eigenvalue weighted by Crippen LogP contribution is -2.63. The van der Waals surface area contributed by atoms with Gasteiger partial charge in [0.25, 0.3) is 6.43 Å². The van der Waals surface area contributed by atoms with Gasteiger partial charge in [-0.1, -0.05) is 12.1 Å². The van der Waals surface area contributed by atoms with Crippen molar-refractivity contribution in [2.75, 3.05) is 49.1 Å². The average Bonchev–Trinajstić information content (AvgIpc) is 2.73. The molecule has 0 radical (unpaired) electrons. The molecule has 4 heterocycles. The van der Waals surface area contributed by atoms with Crippen LogP contribution in [0.4, 0.5) is 20.5 Å². The summed E-state index contributed by atoms with van der Waals surface area (Å²) < 4.78 is 26.5. The molecule has 1 aromatic carbocycles. The minimum atomic E-state index is -2.68. The van der Waals surface area contributed by atoms with Gasteiger partial charge in [0, 0.05) is 63.1 Å². The summed E-state index contributed by atoms with van der Waals surface area (Å²) in [7, 11) is 0. The normalized spacial score (nSPS) is 18.4. The smallest absolute Gasteiger partial charge is 0.297 e. The van der Waals surface area contributed by atoms with Crippen LogP contribution in [-0.2, 0) is 0 Å². The van der Waals surface area contributed by atoms with Crippen LogP contribution in [0.15, 0.2) is 42.7 Å². The molecule has 0 bridgehead atoms. The highest BCUT2D eigenvalue weighted by Gasteiger charge is 2.35. The van der Waals surface area contributed by atoms with Crippen LogP contribution in [0.2, 0.25) is 0 Å². The molecule has 2 aliphatic rings. The number of fused-ring (bicyclic) bond motifs is 1. The van der Waals surface area contributed by atoms with E-state index in [1.807, 2.05) is 24.3 Å². The Morgan fingerprint density at radius 2 is 1.59 bits per heavy atom. The number of halogens is 2. The second-order valence-electron chi connectivity index (χ2n) is 7.35. The Morgan fingerprint density at radius 1 is 0.862 bits per heavy atom. The maximum absolute atomic E-state index is 13.2. The Labute approximate surface area is 167 Å². The lowest BCUT2D eigenvalue weighted by atomic mass is 10.0. The van der Waals surface area contributed by atoms with Crippen molar-refractivity contribution in [2.24, 2.45) is 0 Å². The minimum absolute atomic E-state index is 0.401. The summed E-state index contributed by atoms with van der Waals surface area (Å²) in [4.78, 5) is 23.5. The molecule has 2 aromatic heterocycles. The number of anilines is 2. The summed E-state index contributed by atoms with van der Waals surface area (Å²) in [6.07, 6.45) is 0.847. The van der Waals surface area contributed by atoms with Crippen LogP contribution in [0.3, 0.4) is 0 Å². The van der Waals surface area contributed by atoms with Gasteiger partial charge in [-0.05, 0) is 18.2 Å². The zero-order valence-corrected chi connectivity index (χ0v) is 15.8. The largest absolute Gasteiger partial charge is 0.353 e. The van der Waals surface area contributed by atoms with Crippen molar-refractivity contribution in [3.63, 3.8) is 0 Å². The van der Waals surface area contributed by atoms with E-state index >= 15 is 0 Å². The summed E-state index contributed by atoms with van der Waals surface area (Å²) in [6, 6.07) is 9.57. The van der Waals surface area contributed by atoms with Crippen molar-refractivity contribution < 1.29 is 8.78 Å². The summed E-state index contributed by atoms with van der Waals surface area (Å²) in [6.45, 7) is 5.20. The lowest BCUT2D eigenvalue weighted by molar-refractivity contribution is 0.140. The molecule has 0 unspecified atom stereocenters. The van der Waals surface area contributed by atoms with Crippen LogP contribution in [0.1, 0.15) is 12.2 Å². The lowest BCUT2D eigenvalue weighted by Gasteiger charge is -2.48. The molecule has 2 fully saturated rings. The second kappa shape index (κ2) is 7.47. The van der Waals surface area contributed by atoms with Gasteiger partial charge in [-0.3, -0.25) is 4.90 Å². The van der Waals surface area contributed by atoms with Gasteiger partial charge in [0.05, 0.1) is 5.52 Å². The van der Waals surface area contributed by atoms with Gasteiger partial charge in [0.2, 0.25) is 5.95 Å². The Balaban J connectivity index is 1.26. The summed E-state index contributed by atoms with van der Waals surface area (Å²) in [5, 5.41) is 0.821. The molecule has 0 spiro atoms. The molecule has 2 aliphatic heterocycles. The number of benzene rings is 1. The molecule has 150 valence electrons. The number of rotatable bonds is 4. The minimum Gasteiger partial charge on any atom is -0.353 e. The molecule has 9 heteroatoms. The Bertz CT molecular complexity index is 987. The molecule has 29 heavy (non-hydrogen) atoms. The average molecular weight is 397 g/mol. The van der Waals surface area contributed by atoms with Crippen LogP contribution in [0, 0.1) is 0 Å². The number of hydrogen-bond acceptors (Lipinski definition) is 7. The van der Waals surface area contributed by atoms with Crippen LogP contribution in [0.25, 0.3) is 10.9 Å². The fraction of sp³-hybridized carbons (Fsp3) is 0.400. The zero-order chi connectivity index (χ0) is 19.8. The molecular formula is C20H21F2N7. The predicted molar refractivity (Wildman–Crippen MR) is 106 cm³/mol. The van der Waals surface area contributed by atoms with Crippen molar-refractivity contribution in [3.05, 3.63) is 48.5 Å². The van der Waals surface area contributed by atoms with E-state index in [0.717, 1.165) is 50.6 Å². The highest BCUT2D eigenvalue weighted by molar-refractivity contribution is 5.89. The molecule has 0 saturated carbocycles. The monoisotopic (exact) mass is 397 g/mol. The third-order valence-corrected chi connectivity index (χ3v) is 5.62. The number of hydrogen-bond donors (Lipinski definition) is 0. The van der Waals surface area contributed by atoms with E-state index in [-0.39, 0.29) is 0 Å². The highest BCUT2D eigenvalue weighted by Crippen LogP contribution is 2.31.